The predicted octanol–water partition coefficient (Wildman–Crippen LogP) is 1.79. The third-order valence-corrected chi connectivity index (χ3v) is 3.19. The van der Waals surface area contributed by atoms with Crippen molar-refractivity contribution in [3.63, 3.8) is 0 Å². The van der Waals surface area contributed by atoms with E-state index in [9.17, 15) is 0 Å². The first-order chi connectivity index (χ1) is 7.56. The van der Waals surface area contributed by atoms with Crippen LogP contribution in [0.15, 0.2) is 24.3 Å². The van der Waals surface area contributed by atoms with Gasteiger partial charge in [-0.3, -0.25) is 0 Å². The molecule has 2 rings (SSSR count). The van der Waals surface area contributed by atoms with Gasteiger partial charge in [-0.1, -0.05) is 0 Å². The van der Waals surface area contributed by atoms with Gasteiger partial charge in [0.1, 0.15) is 0 Å². The summed E-state index contributed by atoms with van der Waals surface area (Å²) in [5.41, 5.74) is 10.7. The van der Waals surface area contributed by atoms with Gasteiger partial charge in [-0.05, 0) is 0 Å². The number of aromatic nitrogens is 1. The molecule has 0 saturated heterocycles. The average molecular weight is 228 g/mol. The molecule has 2 N–H and O–H groups in total. The molecule has 1 unspecified atom stereocenters. The van der Waals surface area contributed by atoms with Gasteiger partial charge in [-0.25, -0.2) is 0 Å². The summed E-state index contributed by atoms with van der Waals surface area (Å²) in [6.45, 7) is 5.99. The van der Waals surface area contributed by atoms with E-state index in [1.807, 2.05) is 19.9 Å². The van der Waals surface area contributed by atoms with Crippen LogP contribution >= 0.6 is 9.24 Å². The minimum atomic E-state index is 0.570. The van der Waals surface area contributed by atoms with Crippen LogP contribution in [-0.4, -0.2) is 11.9 Å². The standard InChI is InChI=1S/C12H14BN2P/c1-7-3-4-9(6-11(7)16)10-5-8(2)13-12(14)15-10/h3-6H,16H2,1-2H3,(H2,14,15). The van der Waals surface area contributed by atoms with E-state index in [1.54, 1.807) is 0 Å². The molecule has 2 nitrogen and oxygen atoms in total. The summed E-state index contributed by atoms with van der Waals surface area (Å²) in [6.07, 6.45) is 0. The first-order valence-electron chi connectivity index (χ1n) is 5.17. The van der Waals surface area contributed by atoms with Crippen LogP contribution in [0.3, 0.4) is 0 Å². The predicted molar refractivity (Wildman–Crippen MR) is 74.3 cm³/mol. The van der Waals surface area contributed by atoms with E-state index in [2.05, 4.69) is 39.3 Å². The fourth-order valence-electron chi connectivity index (χ4n) is 1.64. The molecule has 0 radical (unpaired) electrons. The molecule has 1 heterocycles. The second kappa shape index (κ2) is 4.35. The molecule has 0 aliphatic carbocycles. The summed E-state index contributed by atoms with van der Waals surface area (Å²) in [7, 11) is 2.74. The Hall–Kier alpha value is -1.21. The number of anilines is 1. The molecule has 2 aromatic rings. The van der Waals surface area contributed by atoms with Crippen molar-refractivity contribution in [3.05, 3.63) is 35.3 Å². The molecular weight excluding hydrogens is 214 g/mol. The Balaban J connectivity index is 2.54. The van der Waals surface area contributed by atoms with Crippen LogP contribution in [0.2, 0.25) is 0 Å². The molecule has 1 aromatic carbocycles. The quantitative estimate of drug-likeness (QED) is 0.755. The van der Waals surface area contributed by atoms with Gasteiger partial charge in [0.15, 0.2) is 0 Å². The van der Waals surface area contributed by atoms with E-state index in [-0.39, 0.29) is 0 Å². The van der Waals surface area contributed by atoms with E-state index >= 15 is 0 Å². The zero-order chi connectivity index (χ0) is 11.7. The van der Waals surface area contributed by atoms with Gasteiger partial charge in [0, 0.05) is 0 Å². The Morgan fingerprint density at radius 2 is 2.00 bits per heavy atom. The van der Waals surface area contributed by atoms with Crippen molar-refractivity contribution in [1.82, 2.24) is 4.98 Å². The maximum absolute atomic E-state index is 5.75. The van der Waals surface area contributed by atoms with Crippen molar-refractivity contribution in [2.75, 3.05) is 5.73 Å². The van der Waals surface area contributed by atoms with Gasteiger partial charge in [0.25, 0.3) is 0 Å². The van der Waals surface area contributed by atoms with E-state index < -0.39 is 0 Å². The van der Waals surface area contributed by atoms with Gasteiger partial charge in [-0.15, -0.1) is 0 Å². The second-order valence-corrected chi connectivity index (χ2v) is 4.65. The summed E-state index contributed by atoms with van der Waals surface area (Å²) in [6, 6.07) is 8.33. The van der Waals surface area contributed by atoms with Crippen molar-refractivity contribution >= 4 is 27.2 Å². The van der Waals surface area contributed by atoms with E-state index in [4.69, 9.17) is 5.73 Å². The van der Waals surface area contributed by atoms with Crippen LogP contribution in [0.4, 0.5) is 5.71 Å². The minimum absolute atomic E-state index is 0.570. The molecule has 80 valence electrons. The topological polar surface area (TPSA) is 38.9 Å². The molecule has 0 bridgehead atoms. The number of hydrogen-bond acceptors (Lipinski definition) is 2. The van der Waals surface area contributed by atoms with Crippen molar-refractivity contribution < 1.29 is 0 Å². The molecule has 0 fully saturated rings. The van der Waals surface area contributed by atoms with Crippen molar-refractivity contribution in [2.45, 2.75) is 13.8 Å². The van der Waals surface area contributed by atoms with Crippen LogP contribution < -0.4 is 11.0 Å². The molecule has 0 saturated carbocycles. The van der Waals surface area contributed by atoms with Gasteiger partial charge in [0.05, 0.1) is 0 Å². The van der Waals surface area contributed by atoms with Crippen LogP contribution in [0.1, 0.15) is 11.0 Å². The third-order valence-electron chi connectivity index (χ3n) is 2.56. The first-order valence-corrected chi connectivity index (χ1v) is 5.74. The van der Waals surface area contributed by atoms with Crippen LogP contribution in [0.5, 0.6) is 0 Å². The Kier molecular flexibility index (Phi) is 3.07. The zero-order valence-electron chi connectivity index (χ0n) is 9.49. The summed E-state index contributed by atoms with van der Waals surface area (Å²) in [5, 5.41) is 1.19. The van der Waals surface area contributed by atoms with Gasteiger partial charge in [0.2, 0.25) is 0 Å². The van der Waals surface area contributed by atoms with Crippen molar-refractivity contribution in [2.24, 2.45) is 0 Å². The Morgan fingerprint density at radius 3 is 2.62 bits per heavy atom. The first kappa shape index (κ1) is 11.3. The Labute approximate surface area is 98.7 Å². The Bertz CT molecular complexity index is 520. The molecule has 0 amide bonds. The van der Waals surface area contributed by atoms with E-state index in [0.717, 1.165) is 16.7 Å². The van der Waals surface area contributed by atoms with Gasteiger partial charge < -0.3 is 0 Å². The fourth-order valence-corrected chi connectivity index (χ4v) is 1.92. The summed E-state index contributed by atoms with van der Waals surface area (Å²) in [5.74, 6) is 0. The molecule has 0 aliphatic heterocycles. The number of aryl methyl sites for hydroxylation is 2. The molecule has 4 heteroatoms. The maximum atomic E-state index is 5.75. The molecular formula is C12H14BN2P. The third kappa shape index (κ3) is 2.30. The number of rotatable bonds is 1. The molecule has 0 aliphatic rings. The molecule has 1 aromatic heterocycles. The zero-order valence-corrected chi connectivity index (χ0v) is 10.6. The summed E-state index contributed by atoms with van der Waals surface area (Å²) < 4.78 is 0. The van der Waals surface area contributed by atoms with Crippen LogP contribution in [0.25, 0.3) is 11.3 Å². The molecule has 0 spiro atoms. The summed E-state index contributed by atoms with van der Waals surface area (Å²) >= 11 is 0. The van der Waals surface area contributed by atoms with Gasteiger partial charge >= 0.3 is 98.3 Å². The number of nitrogen functional groups attached to an aromatic ring is 1. The summed E-state index contributed by atoms with van der Waals surface area (Å²) in [4.78, 5) is 4.34. The monoisotopic (exact) mass is 228 g/mol. The van der Waals surface area contributed by atoms with Crippen molar-refractivity contribution in [3.8, 4) is 11.3 Å². The van der Waals surface area contributed by atoms with Gasteiger partial charge in [-0.2, -0.15) is 0 Å². The number of nitrogens with two attached hydrogens (primary N) is 1. The van der Waals surface area contributed by atoms with E-state index in [0.29, 0.717) is 5.71 Å². The van der Waals surface area contributed by atoms with Crippen molar-refractivity contribution in [1.29, 1.82) is 0 Å². The number of nitrogens with zero attached hydrogens (tertiary/aromatic N) is 1. The average Bonchev–Trinajstić information content (AvgIpc) is 2.20. The molecule has 1 atom stereocenters. The SMILES string of the molecule is Cc1bc(N)nc(-c2ccc(C)c(P)c2)c1. The number of benzene rings is 1. The second-order valence-electron chi connectivity index (χ2n) is 4.03. The Morgan fingerprint density at radius 1 is 1.25 bits per heavy atom. The number of hydrogen-bond donors (Lipinski definition) is 1. The van der Waals surface area contributed by atoms with Crippen LogP contribution in [-0.2, 0) is 0 Å². The van der Waals surface area contributed by atoms with Crippen LogP contribution in [0, 0.1) is 13.8 Å². The van der Waals surface area contributed by atoms with E-state index in [1.165, 1.54) is 10.9 Å². The molecule has 16 heavy (non-hydrogen) atoms. The fraction of sp³-hybridized carbons (Fsp3) is 0.167. The normalized spacial score (nSPS) is 10.2.